The van der Waals surface area contributed by atoms with Crippen LogP contribution in [-0.2, 0) is 11.3 Å². The molecule has 1 atom stereocenters. The summed E-state index contributed by atoms with van der Waals surface area (Å²) in [5.41, 5.74) is 0. The van der Waals surface area contributed by atoms with Crippen molar-refractivity contribution in [2.24, 2.45) is 5.92 Å². The highest BCUT2D eigenvalue weighted by atomic mass is 35.5. The Morgan fingerprint density at radius 1 is 1.65 bits per heavy atom. The van der Waals surface area contributed by atoms with Gasteiger partial charge in [0.15, 0.2) is 0 Å². The van der Waals surface area contributed by atoms with Crippen molar-refractivity contribution in [2.45, 2.75) is 19.4 Å². The van der Waals surface area contributed by atoms with Crippen LogP contribution in [0.1, 0.15) is 17.7 Å². The van der Waals surface area contributed by atoms with Gasteiger partial charge in [-0.15, -0.1) is 23.7 Å². The van der Waals surface area contributed by atoms with Crippen LogP contribution >= 0.6 is 23.7 Å². The Balaban J connectivity index is 0.00000144. The van der Waals surface area contributed by atoms with Gasteiger partial charge in [0.1, 0.15) is 0 Å². The fourth-order valence-corrected chi connectivity index (χ4v) is 2.85. The van der Waals surface area contributed by atoms with Crippen LogP contribution in [0.3, 0.4) is 0 Å². The maximum Gasteiger partial charge on any atom is 0.227 e. The van der Waals surface area contributed by atoms with Gasteiger partial charge in [-0.25, -0.2) is 0 Å². The molecule has 1 amide bonds. The molecule has 0 aromatic carbocycles. The van der Waals surface area contributed by atoms with Crippen LogP contribution in [-0.4, -0.2) is 30.9 Å². The molecule has 1 aromatic heterocycles. The number of carbonyl (C=O) groups is 1. The summed E-state index contributed by atoms with van der Waals surface area (Å²) in [6.07, 6.45) is 2.14. The average Bonchev–Trinajstić information content (AvgIpc) is 2.82. The molecule has 96 valence electrons. The molecular weight excluding hydrogens is 256 g/mol. The van der Waals surface area contributed by atoms with Crippen molar-refractivity contribution < 1.29 is 4.79 Å². The number of halogens is 1. The molecule has 0 bridgehead atoms. The van der Waals surface area contributed by atoms with Crippen LogP contribution < -0.4 is 5.32 Å². The molecule has 1 N–H and O–H groups in total. The van der Waals surface area contributed by atoms with E-state index in [1.165, 1.54) is 4.88 Å². The number of amides is 1. The molecule has 0 saturated carbocycles. The molecule has 2 heterocycles. The average molecular weight is 275 g/mol. The number of thiophene rings is 1. The molecule has 0 aliphatic carbocycles. The molecule has 1 fully saturated rings. The minimum Gasteiger partial charge on any atom is -0.340 e. The summed E-state index contributed by atoms with van der Waals surface area (Å²) in [7, 11) is 1.90. The maximum atomic E-state index is 12.1. The van der Waals surface area contributed by atoms with Crippen molar-refractivity contribution in [1.82, 2.24) is 10.2 Å². The van der Waals surface area contributed by atoms with Crippen molar-refractivity contribution in [3.05, 3.63) is 22.4 Å². The van der Waals surface area contributed by atoms with Crippen LogP contribution in [0.15, 0.2) is 17.5 Å². The zero-order valence-corrected chi connectivity index (χ0v) is 11.6. The first-order valence-corrected chi connectivity index (χ1v) is 6.63. The monoisotopic (exact) mass is 274 g/mol. The topological polar surface area (TPSA) is 32.3 Å². The van der Waals surface area contributed by atoms with Gasteiger partial charge >= 0.3 is 0 Å². The molecule has 1 unspecified atom stereocenters. The normalized spacial score (nSPS) is 19.5. The standard InChI is InChI=1S/C12H18N2OS.ClH/c1-14(9-11-5-3-7-16-11)12(15)10-4-2-6-13-8-10;/h3,5,7,10,13H,2,4,6,8-9H2,1H3;1H. The molecule has 1 aliphatic rings. The van der Waals surface area contributed by atoms with Crippen molar-refractivity contribution in [3.8, 4) is 0 Å². The number of nitrogens with one attached hydrogen (secondary N) is 1. The van der Waals surface area contributed by atoms with Gasteiger partial charge in [0.05, 0.1) is 12.5 Å². The van der Waals surface area contributed by atoms with Gasteiger partial charge in [-0.2, -0.15) is 0 Å². The number of piperidine rings is 1. The number of hydrogen-bond donors (Lipinski definition) is 1. The first-order chi connectivity index (χ1) is 7.77. The van der Waals surface area contributed by atoms with E-state index in [9.17, 15) is 4.79 Å². The number of carbonyl (C=O) groups excluding carboxylic acids is 1. The highest BCUT2D eigenvalue weighted by molar-refractivity contribution is 7.09. The van der Waals surface area contributed by atoms with E-state index in [4.69, 9.17) is 0 Å². The lowest BCUT2D eigenvalue weighted by Gasteiger charge is -2.26. The van der Waals surface area contributed by atoms with Gasteiger partial charge in [-0.1, -0.05) is 6.07 Å². The van der Waals surface area contributed by atoms with E-state index >= 15 is 0 Å². The molecule has 0 radical (unpaired) electrons. The third-order valence-corrected chi connectivity index (χ3v) is 3.86. The second-order valence-electron chi connectivity index (χ2n) is 4.32. The largest absolute Gasteiger partial charge is 0.340 e. The molecule has 0 spiro atoms. The second kappa shape index (κ2) is 6.99. The first-order valence-electron chi connectivity index (χ1n) is 5.75. The van der Waals surface area contributed by atoms with Gasteiger partial charge in [-0.3, -0.25) is 4.79 Å². The molecule has 5 heteroatoms. The SMILES string of the molecule is CN(Cc1cccs1)C(=O)C1CCCNC1.Cl. The van der Waals surface area contributed by atoms with Gasteiger partial charge in [0.25, 0.3) is 0 Å². The van der Waals surface area contributed by atoms with E-state index in [0.29, 0.717) is 0 Å². The minimum absolute atomic E-state index is 0. The molecular formula is C12H19ClN2OS. The third kappa shape index (κ3) is 3.98. The van der Waals surface area contributed by atoms with Crippen LogP contribution in [0.25, 0.3) is 0 Å². The molecule has 3 nitrogen and oxygen atoms in total. The number of rotatable bonds is 3. The van der Waals surface area contributed by atoms with Crippen LogP contribution in [0.2, 0.25) is 0 Å². The predicted molar refractivity (Wildman–Crippen MR) is 73.6 cm³/mol. The summed E-state index contributed by atoms with van der Waals surface area (Å²) in [6.45, 7) is 2.64. The highest BCUT2D eigenvalue weighted by Gasteiger charge is 2.23. The Morgan fingerprint density at radius 3 is 3.06 bits per heavy atom. The van der Waals surface area contributed by atoms with Crippen LogP contribution in [0.4, 0.5) is 0 Å². The summed E-state index contributed by atoms with van der Waals surface area (Å²) in [4.78, 5) is 15.2. The smallest absolute Gasteiger partial charge is 0.227 e. The first kappa shape index (κ1) is 14.5. The summed E-state index contributed by atoms with van der Waals surface area (Å²) in [6, 6.07) is 4.11. The highest BCUT2D eigenvalue weighted by Crippen LogP contribution is 2.16. The lowest BCUT2D eigenvalue weighted by atomic mass is 9.98. The summed E-state index contributed by atoms with van der Waals surface area (Å²) >= 11 is 1.71. The maximum absolute atomic E-state index is 12.1. The Morgan fingerprint density at radius 2 is 2.47 bits per heavy atom. The van der Waals surface area contributed by atoms with E-state index in [2.05, 4.69) is 16.8 Å². The fourth-order valence-electron chi connectivity index (χ4n) is 2.09. The summed E-state index contributed by atoms with van der Waals surface area (Å²) in [5.74, 6) is 0.458. The van der Waals surface area contributed by atoms with Crippen molar-refractivity contribution >= 4 is 29.7 Å². The Kier molecular flexibility index (Phi) is 5.95. The minimum atomic E-state index is 0. The summed E-state index contributed by atoms with van der Waals surface area (Å²) < 4.78 is 0. The fraction of sp³-hybridized carbons (Fsp3) is 0.583. The van der Waals surface area contributed by atoms with E-state index in [-0.39, 0.29) is 24.2 Å². The lowest BCUT2D eigenvalue weighted by molar-refractivity contribution is -0.135. The predicted octanol–water partition coefficient (Wildman–Crippen LogP) is 2.13. The summed E-state index contributed by atoms with van der Waals surface area (Å²) in [5, 5.41) is 5.34. The van der Waals surface area contributed by atoms with E-state index in [1.54, 1.807) is 11.3 Å². The van der Waals surface area contributed by atoms with E-state index < -0.39 is 0 Å². The van der Waals surface area contributed by atoms with Crippen molar-refractivity contribution in [1.29, 1.82) is 0 Å². The van der Waals surface area contributed by atoms with Crippen molar-refractivity contribution in [2.75, 3.05) is 20.1 Å². The molecule has 1 aromatic rings. The van der Waals surface area contributed by atoms with Crippen molar-refractivity contribution in [3.63, 3.8) is 0 Å². The Hall–Kier alpha value is -0.580. The molecule has 1 aliphatic heterocycles. The van der Waals surface area contributed by atoms with Gasteiger partial charge < -0.3 is 10.2 Å². The Labute approximate surface area is 113 Å². The van der Waals surface area contributed by atoms with E-state index in [1.807, 2.05) is 18.0 Å². The Bertz CT molecular complexity index is 336. The zero-order valence-electron chi connectivity index (χ0n) is 10.0. The molecule has 2 rings (SSSR count). The van der Waals surface area contributed by atoms with Gasteiger partial charge in [0, 0.05) is 18.5 Å². The third-order valence-electron chi connectivity index (χ3n) is 3.00. The number of nitrogens with zero attached hydrogens (tertiary/aromatic N) is 1. The molecule has 1 saturated heterocycles. The van der Waals surface area contributed by atoms with Gasteiger partial charge in [-0.05, 0) is 30.8 Å². The number of hydrogen-bond acceptors (Lipinski definition) is 3. The quantitative estimate of drug-likeness (QED) is 0.916. The lowest BCUT2D eigenvalue weighted by Crippen LogP contribution is -2.41. The van der Waals surface area contributed by atoms with Crippen LogP contribution in [0, 0.1) is 5.92 Å². The zero-order chi connectivity index (χ0) is 11.4. The van der Waals surface area contributed by atoms with Crippen LogP contribution in [0.5, 0.6) is 0 Å². The van der Waals surface area contributed by atoms with E-state index in [0.717, 1.165) is 32.5 Å². The second-order valence-corrected chi connectivity index (χ2v) is 5.35. The van der Waals surface area contributed by atoms with Gasteiger partial charge in [0.2, 0.25) is 5.91 Å². The molecule has 17 heavy (non-hydrogen) atoms.